The van der Waals surface area contributed by atoms with Crippen LogP contribution >= 0.6 is 0 Å². The molecule has 0 heterocycles. The molecule has 3 unspecified atom stereocenters. The minimum atomic E-state index is 0.443. The highest BCUT2D eigenvalue weighted by molar-refractivity contribution is 4.90. The first-order valence-electron chi connectivity index (χ1n) is 9.23. The molecular weight excluding hydrogens is 242 g/mol. The largest absolute Gasteiger partial charge is 0.327 e. The van der Waals surface area contributed by atoms with Gasteiger partial charge in [0.1, 0.15) is 0 Å². The van der Waals surface area contributed by atoms with Crippen molar-refractivity contribution in [2.24, 2.45) is 23.0 Å². The molecule has 3 atom stereocenters. The van der Waals surface area contributed by atoms with Crippen molar-refractivity contribution in [2.75, 3.05) is 0 Å². The summed E-state index contributed by atoms with van der Waals surface area (Å²) in [5.41, 5.74) is 6.89. The summed E-state index contributed by atoms with van der Waals surface area (Å²) in [7, 11) is 0. The fourth-order valence-corrected chi connectivity index (χ4v) is 4.12. The average Bonchev–Trinajstić information content (AvgIpc) is 2.37. The van der Waals surface area contributed by atoms with Crippen LogP contribution in [0.25, 0.3) is 0 Å². The summed E-state index contributed by atoms with van der Waals surface area (Å²) >= 11 is 0. The van der Waals surface area contributed by atoms with Gasteiger partial charge in [0.25, 0.3) is 0 Å². The first-order chi connectivity index (χ1) is 9.47. The second kappa shape index (κ2) is 9.07. The van der Waals surface area contributed by atoms with Gasteiger partial charge in [-0.05, 0) is 36.5 Å². The van der Waals surface area contributed by atoms with Crippen molar-refractivity contribution in [3.05, 3.63) is 0 Å². The Morgan fingerprint density at radius 2 is 1.55 bits per heavy atom. The molecule has 0 radical (unpaired) electrons. The van der Waals surface area contributed by atoms with E-state index in [0.29, 0.717) is 11.5 Å². The molecule has 0 amide bonds. The maximum atomic E-state index is 6.44. The van der Waals surface area contributed by atoms with E-state index in [2.05, 4.69) is 27.7 Å². The van der Waals surface area contributed by atoms with Crippen LogP contribution in [-0.2, 0) is 0 Å². The van der Waals surface area contributed by atoms with Gasteiger partial charge in [-0.1, -0.05) is 79.1 Å². The summed E-state index contributed by atoms with van der Waals surface area (Å²) in [5, 5.41) is 0. The van der Waals surface area contributed by atoms with Crippen LogP contribution in [0.4, 0.5) is 0 Å². The van der Waals surface area contributed by atoms with E-state index in [9.17, 15) is 0 Å². The van der Waals surface area contributed by atoms with Crippen LogP contribution in [0, 0.1) is 17.3 Å². The lowest BCUT2D eigenvalue weighted by molar-refractivity contribution is 0.102. The third-order valence-electron chi connectivity index (χ3n) is 5.59. The van der Waals surface area contributed by atoms with E-state index < -0.39 is 0 Å². The van der Waals surface area contributed by atoms with Crippen LogP contribution in [0.3, 0.4) is 0 Å². The minimum Gasteiger partial charge on any atom is -0.327 e. The fraction of sp³-hybridized carbons (Fsp3) is 1.00. The fourth-order valence-electron chi connectivity index (χ4n) is 4.12. The van der Waals surface area contributed by atoms with Crippen molar-refractivity contribution in [1.29, 1.82) is 0 Å². The molecule has 1 fully saturated rings. The molecule has 1 nitrogen and oxygen atoms in total. The second-order valence-electron chi connectivity index (χ2n) is 8.05. The van der Waals surface area contributed by atoms with Crippen LogP contribution in [-0.4, -0.2) is 6.04 Å². The summed E-state index contributed by atoms with van der Waals surface area (Å²) in [6, 6.07) is 0.443. The molecule has 2 N–H and O–H groups in total. The van der Waals surface area contributed by atoms with Gasteiger partial charge in [-0.3, -0.25) is 0 Å². The van der Waals surface area contributed by atoms with Gasteiger partial charge in [-0.25, -0.2) is 0 Å². The Balaban J connectivity index is 2.20. The second-order valence-corrected chi connectivity index (χ2v) is 8.05. The first kappa shape index (κ1) is 18.0. The van der Waals surface area contributed by atoms with E-state index in [1.165, 1.54) is 70.6 Å². The van der Waals surface area contributed by atoms with E-state index in [-0.39, 0.29) is 0 Å². The zero-order valence-corrected chi connectivity index (χ0v) is 14.6. The Bertz CT molecular complexity index is 246. The average molecular weight is 282 g/mol. The lowest BCUT2D eigenvalue weighted by Crippen LogP contribution is -2.43. The van der Waals surface area contributed by atoms with E-state index in [1.54, 1.807) is 0 Å². The molecule has 20 heavy (non-hydrogen) atoms. The van der Waals surface area contributed by atoms with E-state index in [1.807, 2.05) is 0 Å². The lowest BCUT2D eigenvalue weighted by atomic mass is 9.65. The summed E-state index contributed by atoms with van der Waals surface area (Å²) in [5.74, 6) is 1.59. The first-order valence-corrected chi connectivity index (χ1v) is 9.23. The van der Waals surface area contributed by atoms with Gasteiger partial charge in [0.15, 0.2) is 0 Å². The number of unbranched alkanes of at least 4 members (excludes halogenated alkanes) is 6. The Labute approximate surface area is 128 Å². The predicted molar refractivity (Wildman–Crippen MR) is 90.9 cm³/mol. The summed E-state index contributed by atoms with van der Waals surface area (Å²) < 4.78 is 0. The molecule has 0 aliphatic heterocycles. The molecule has 1 aliphatic carbocycles. The Hall–Kier alpha value is -0.0400. The van der Waals surface area contributed by atoms with Gasteiger partial charge in [0, 0.05) is 6.04 Å². The maximum absolute atomic E-state index is 6.44. The zero-order valence-electron chi connectivity index (χ0n) is 14.6. The molecule has 0 spiro atoms. The number of nitrogens with two attached hydrogens (primary N) is 1. The highest BCUT2D eigenvalue weighted by Crippen LogP contribution is 2.42. The standard InChI is InChI=1S/C19H39N/c1-5-6-7-8-9-10-11-14-19(3,4)17-13-12-16(2)15-18(17)20/h16-18H,5-15,20H2,1-4H3. The molecule has 120 valence electrons. The van der Waals surface area contributed by atoms with Crippen molar-refractivity contribution >= 4 is 0 Å². The molecule has 1 aliphatic rings. The van der Waals surface area contributed by atoms with E-state index in [4.69, 9.17) is 5.73 Å². The third-order valence-corrected chi connectivity index (χ3v) is 5.59. The third kappa shape index (κ3) is 6.16. The summed E-state index contributed by atoms with van der Waals surface area (Å²) in [6.45, 7) is 9.57. The number of hydrogen-bond donors (Lipinski definition) is 1. The molecule has 0 aromatic carbocycles. The highest BCUT2D eigenvalue weighted by atomic mass is 14.7. The Morgan fingerprint density at radius 1 is 0.950 bits per heavy atom. The van der Waals surface area contributed by atoms with E-state index in [0.717, 1.165) is 11.8 Å². The molecule has 1 rings (SSSR count). The van der Waals surface area contributed by atoms with Crippen molar-refractivity contribution in [3.63, 3.8) is 0 Å². The van der Waals surface area contributed by atoms with Crippen LogP contribution in [0.5, 0.6) is 0 Å². The van der Waals surface area contributed by atoms with Crippen LogP contribution in [0.15, 0.2) is 0 Å². The predicted octanol–water partition coefficient (Wildman–Crippen LogP) is 5.92. The zero-order chi connectivity index (χ0) is 15.0. The molecule has 0 aromatic rings. The lowest BCUT2D eigenvalue weighted by Gasteiger charge is -2.43. The number of rotatable bonds is 9. The Kier molecular flexibility index (Phi) is 8.17. The molecule has 1 saturated carbocycles. The van der Waals surface area contributed by atoms with Gasteiger partial charge in [0.05, 0.1) is 0 Å². The summed E-state index contributed by atoms with van der Waals surface area (Å²) in [4.78, 5) is 0. The topological polar surface area (TPSA) is 26.0 Å². The van der Waals surface area contributed by atoms with Gasteiger partial charge in [0.2, 0.25) is 0 Å². The molecule has 0 aromatic heterocycles. The molecular formula is C19H39N. The van der Waals surface area contributed by atoms with Crippen LogP contribution < -0.4 is 5.73 Å². The Morgan fingerprint density at radius 3 is 2.15 bits per heavy atom. The monoisotopic (exact) mass is 281 g/mol. The van der Waals surface area contributed by atoms with Crippen LogP contribution in [0.1, 0.15) is 98.3 Å². The van der Waals surface area contributed by atoms with Crippen molar-refractivity contribution < 1.29 is 0 Å². The smallest absolute Gasteiger partial charge is 0.00747 e. The van der Waals surface area contributed by atoms with Gasteiger partial charge < -0.3 is 5.73 Å². The molecule has 0 bridgehead atoms. The number of hydrogen-bond acceptors (Lipinski definition) is 1. The van der Waals surface area contributed by atoms with E-state index >= 15 is 0 Å². The quantitative estimate of drug-likeness (QED) is 0.522. The maximum Gasteiger partial charge on any atom is 0.00747 e. The normalized spacial score (nSPS) is 27.8. The summed E-state index contributed by atoms with van der Waals surface area (Å²) in [6.07, 6.45) is 15.3. The minimum absolute atomic E-state index is 0.443. The van der Waals surface area contributed by atoms with Crippen molar-refractivity contribution in [3.8, 4) is 0 Å². The van der Waals surface area contributed by atoms with Crippen molar-refractivity contribution in [1.82, 2.24) is 0 Å². The van der Waals surface area contributed by atoms with Gasteiger partial charge >= 0.3 is 0 Å². The van der Waals surface area contributed by atoms with Gasteiger partial charge in [-0.2, -0.15) is 0 Å². The molecule has 1 heteroatoms. The SMILES string of the molecule is CCCCCCCCCC(C)(C)C1CCC(C)CC1N. The van der Waals surface area contributed by atoms with Crippen molar-refractivity contribution in [2.45, 2.75) is 104 Å². The molecule has 0 saturated heterocycles. The van der Waals surface area contributed by atoms with Gasteiger partial charge in [-0.15, -0.1) is 0 Å². The highest BCUT2D eigenvalue weighted by Gasteiger charge is 2.36. The van der Waals surface area contributed by atoms with Crippen LogP contribution in [0.2, 0.25) is 0 Å².